The number of benzene rings is 4. The van der Waals surface area contributed by atoms with Gasteiger partial charge >= 0.3 is 0 Å². The number of amides is 4. The molecule has 1 atom stereocenters. The van der Waals surface area contributed by atoms with Crippen molar-refractivity contribution in [3.8, 4) is 34.3 Å². The number of nitrogens with zero attached hydrogens (tertiary/aromatic N) is 4. The topological polar surface area (TPSA) is 154 Å². The smallest absolute Gasteiger partial charge is 0.260 e. The molecule has 0 bridgehead atoms. The largest absolute Gasteiger partial charge is 0.508 e. The van der Waals surface area contributed by atoms with Crippen LogP contribution in [0, 0.1) is 6.92 Å². The summed E-state index contributed by atoms with van der Waals surface area (Å²) < 4.78 is 14.3. The Morgan fingerprint density at radius 1 is 0.862 bits per heavy atom. The first-order valence-corrected chi connectivity index (χ1v) is 19.9. The van der Waals surface area contributed by atoms with Gasteiger partial charge in [0.2, 0.25) is 11.8 Å². The van der Waals surface area contributed by atoms with E-state index >= 15 is 0 Å². The van der Waals surface area contributed by atoms with E-state index in [0.717, 1.165) is 71.5 Å². The third-order valence-corrected chi connectivity index (χ3v) is 11.5. The highest BCUT2D eigenvalue weighted by Crippen LogP contribution is 2.37. The molecule has 13 heteroatoms. The number of phenols is 2. The van der Waals surface area contributed by atoms with Gasteiger partial charge in [0.25, 0.3) is 11.8 Å². The van der Waals surface area contributed by atoms with Gasteiger partial charge in [-0.2, -0.15) is 0 Å². The van der Waals surface area contributed by atoms with E-state index in [9.17, 15) is 29.4 Å². The first-order valence-electron chi connectivity index (χ1n) is 19.9. The average molecular weight is 786 g/mol. The Morgan fingerprint density at radius 3 is 2.38 bits per heavy atom. The van der Waals surface area contributed by atoms with E-state index in [1.165, 1.54) is 4.90 Å². The third kappa shape index (κ3) is 8.08. The molecule has 1 aromatic heterocycles. The standard InChI is InChI=1S/C45H47N5O8/c1-29-36-25-33(52)13-16-38(36)49(43(29)31-9-11-32(51)12-10-31)26-30-7-14-34(15-8-30)57-24-3-2-19-47-20-22-48(23-21-47)42(54)28-58-40-6-4-5-35-37(40)27-50(45(35)56)39-17-18-41(53)46-44(39)55/h4-16,25,39,51-52H,2-3,17-24,26-28H2,1H3,(H,46,53,55). The fraction of sp³-hybridized carbons (Fsp3) is 0.333. The highest BCUT2D eigenvalue weighted by atomic mass is 16.5. The molecule has 300 valence electrons. The minimum absolute atomic E-state index is 0.113. The van der Waals surface area contributed by atoms with Gasteiger partial charge in [0.05, 0.1) is 18.8 Å². The number of ether oxygens (including phenoxy) is 2. The second-order valence-corrected chi connectivity index (χ2v) is 15.2. The number of aryl methyl sites for hydroxylation is 1. The van der Waals surface area contributed by atoms with Crippen LogP contribution in [0.15, 0.2) is 84.9 Å². The SMILES string of the molecule is Cc1c(-c2ccc(O)cc2)n(Cc2ccc(OCCCCN3CCN(C(=O)COc4cccc5c4CN(C4CCC(=O)NC4=O)C5=O)CC3)cc2)c2ccc(O)cc12. The van der Waals surface area contributed by atoms with Crippen LogP contribution in [0.4, 0.5) is 0 Å². The van der Waals surface area contributed by atoms with Crippen molar-refractivity contribution < 1.29 is 38.9 Å². The number of aromatic nitrogens is 1. The van der Waals surface area contributed by atoms with Crippen molar-refractivity contribution in [1.29, 1.82) is 0 Å². The van der Waals surface area contributed by atoms with Crippen LogP contribution in [-0.2, 0) is 27.5 Å². The Kier molecular flexibility index (Phi) is 11.1. The Bertz CT molecular complexity index is 2350. The van der Waals surface area contributed by atoms with E-state index < -0.39 is 11.9 Å². The summed E-state index contributed by atoms with van der Waals surface area (Å²) in [5.74, 6) is 0.511. The molecule has 2 saturated heterocycles. The van der Waals surface area contributed by atoms with Crippen LogP contribution in [0.5, 0.6) is 23.0 Å². The first kappa shape index (κ1) is 38.5. The summed E-state index contributed by atoms with van der Waals surface area (Å²) in [5, 5.41) is 23.4. The number of fused-ring (bicyclic) bond motifs is 2. The van der Waals surface area contributed by atoms with E-state index in [1.54, 1.807) is 42.5 Å². The molecule has 3 aliphatic rings. The molecule has 58 heavy (non-hydrogen) atoms. The van der Waals surface area contributed by atoms with E-state index in [-0.39, 0.29) is 55.2 Å². The van der Waals surface area contributed by atoms with Gasteiger partial charge in [0.1, 0.15) is 29.0 Å². The summed E-state index contributed by atoms with van der Waals surface area (Å²) in [4.78, 5) is 55.9. The van der Waals surface area contributed by atoms with Gasteiger partial charge in [0.15, 0.2) is 6.61 Å². The van der Waals surface area contributed by atoms with Crippen LogP contribution >= 0.6 is 0 Å². The minimum atomic E-state index is -0.714. The summed E-state index contributed by atoms with van der Waals surface area (Å²) in [7, 11) is 0. The van der Waals surface area contributed by atoms with Crippen molar-refractivity contribution in [3.63, 3.8) is 0 Å². The molecule has 0 spiro atoms. The second kappa shape index (κ2) is 16.6. The molecule has 3 N–H and O–H groups in total. The monoisotopic (exact) mass is 785 g/mol. The molecular weight excluding hydrogens is 739 g/mol. The maximum atomic E-state index is 13.1. The summed E-state index contributed by atoms with van der Waals surface area (Å²) in [6.45, 7) is 7.01. The number of imide groups is 1. The van der Waals surface area contributed by atoms with Crippen LogP contribution < -0.4 is 14.8 Å². The molecule has 0 radical (unpaired) electrons. The Hall–Kier alpha value is -6.34. The fourth-order valence-corrected chi connectivity index (χ4v) is 8.31. The molecule has 0 saturated carbocycles. The predicted octanol–water partition coefficient (Wildman–Crippen LogP) is 5.22. The maximum Gasteiger partial charge on any atom is 0.260 e. The zero-order valence-corrected chi connectivity index (χ0v) is 32.5. The zero-order chi connectivity index (χ0) is 40.3. The Balaban J connectivity index is 0.764. The van der Waals surface area contributed by atoms with Gasteiger partial charge < -0.3 is 34.1 Å². The summed E-state index contributed by atoms with van der Waals surface area (Å²) in [6.07, 6.45) is 2.33. The number of phenolic OH excluding ortho intramolecular Hbond substituents is 2. The number of aromatic hydroxyl groups is 2. The minimum Gasteiger partial charge on any atom is -0.508 e. The quantitative estimate of drug-likeness (QED) is 0.108. The number of unbranched alkanes of at least 4 members (excludes halogenated alkanes) is 1. The highest BCUT2D eigenvalue weighted by molar-refractivity contribution is 6.05. The molecule has 5 aromatic rings. The van der Waals surface area contributed by atoms with Crippen molar-refractivity contribution in [2.24, 2.45) is 0 Å². The fourth-order valence-electron chi connectivity index (χ4n) is 8.31. The summed E-state index contributed by atoms with van der Waals surface area (Å²) >= 11 is 0. The number of piperidine rings is 1. The number of nitrogens with one attached hydrogen (secondary N) is 1. The number of hydrogen-bond donors (Lipinski definition) is 3. The number of rotatable bonds is 13. The molecule has 8 rings (SSSR count). The second-order valence-electron chi connectivity index (χ2n) is 15.2. The molecule has 0 aliphatic carbocycles. The van der Waals surface area contributed by atoms with E-state index in [4.69, 9.17) is 9.47 Å². The number of hydrogen-bond acceptors (Lipinski definition) is 9. The molecule has 4 heterocycles. The van der Waals surface area contributed by atoms with Crippen LogP contribution in [0.1, 0.15) is 52.7 Å². The molecule has 4 aromatic carbocycles. The lowest BCUT2D eigenvalue weighted by molar-refractivity contribution is -0.137. The van der Waals surface area contributed by atoms with E-state index in [1.807, 2.05) is 35.2 Å². The maximum absolute atomic E-state index is 13.1. The molecule has 4 amide bonds. The normalized spacial score (nSPS) is 17.1. The van der Waals surface area contributed by atoms with Crippen molar-refractivity contribution in [3.05, 3.63) is 107 Å². The van der Waals surface area contributed by atoms with Crippen molar-refractivity contribution in [2.75, 3.05) is 45.9 Å². The number of carbonyl (C=O) groups is 4. The van der Waals surface area contributed by atoms with E-state index in [0.29, 0.717) is 43.1 Å². The van der Waals surface area contributed by atoms with Gasteiger partial charge in [-0.15, -0.1) is 0 Å². The molecule has 1 unspecified atom stereocenters. The number of carbonyl (C=O) groups excluding carboxylic acids is 4. The molecule has 13 nitrogen and oxygen atoms in total. The van der Waals surface area contributed by atoms with Crippen LogP contribution in [0.3, 0.4) is 0 Å². The van der Waals surface area contributed by atoms with Crippen LogP contribution in [-0.4, -0.2) is 105 Å². The summed E-state index contributed by atoms with van der Waals surface area (Å²) in [6, 6.07) is 25.2. The highest BCUT2D eigenvalue weighted by Gasteiger charge is 2.40. The van der Waals surface area contributed by atoms with Crippen LogP contribution in [0.2, 0.25) is 0 Å². The average Bonchev–Trinajstić information content (AvgIpc) is 3.70. The third-order valence-electron chi connectivity index (χ3n) is 11.5. The summed E-state index contributed by atoms with van der Waals surface area (Å²) in [5.41, 5.74) is 6.32. The van der Waals surface area contributed by atoms with Gasteiger partial charge in [-0.25, -0.2) is 0 Å². The molecule has 3 aliphatic heterocycles. The molecular formula is C45H47N5O8. The van der Waals surface area contributed by atoms with E-state index in [2.05, 4.69) is 33.8 Å². The van der Waals surface area contributed by atoms with Gasteiger partial charge in [-0.05, 0) is 116 Å². The lowest BCUT2D eigenvalue weighted by atomic mass is 10.0. The number of piperazine rings is 1. The van der Waals surface area contributed by atoms with Crippen molar-refractivity contribution in [2.45, 2.75) is 51.7 Å². The van der Waals surface area contributed by atoms with Gasteiger partial charge in [-0.1, -0.05) is 18.2 Å². The Morgan fingerprint density at radius 2 is 1.62 bits per heavy atom. The molecule has 2 fully saturated rings. The van der Waals surface area contributed by atoms with Gasteiger partial charge in [0, 0.05) is 61.2 Å². The van der Waals surface area contributed by atoms with Crippen LogP contribution in [0.25, 0.3) is 22.2 Å². The lowest BCUT2D eigenvalue weighted by Gasteiger charge is -2.34. The zero-order valence-electron chi connectivity index (χ0n) is 32.5. The lowest BCUT2D eigenvalue weighted by Crippen LogP contribution is -2.52. The first-order chi connectivity index (χ1) is 28.1. The van der Waals surface area contributed by atoms with Gasteiger partial charge in [-0.3, -0.25) is 29.4 Å². The predicted molar refractivity (Wildman–Crippen MR) is 217 cm³/mol. The van der Waals surface area contributed by atoms with Crippen molar-refractivity contribution >= 4 is 34.5 Å². The van der Waals surface area contributed by atoms with Crippen molar-refractivity contribution in [1.82, 2.24) is 24.6 Å². The Labute approximate surface area is 336 Å².